The van der Waals surface area contributed by atoms with Gasteiger partial charge in [0.1, 0.15) is 0 Å². The molecule has 0 unspecified atom stereocenters. The Morgan fingerprint density at radius 1 is 1.00 bits per heavy atom. The molecule has 2 amide bonds. The minimum atomic E-state index is -0.100. The summed E-state index contributed by atoms with van der Waals surface area (Å²) in [5, 5.41) is 8.81. The van der Waals surface area contributed by atoms with Crippen LogP contribution in [-0.4, -0.2) is 24.9 Å². The topological polar surface area (TPSA) is 70.2 Å². The Morgan fingerprint density at radius 2 is 1.72 bits per heavy atom. The molecule has 0 aromatic heterocycles. The zero-order valence-electron chi connectivity index (χ0n) is 15.0. The van der Waals surface area contributed by atoms with Gasteiger partial charge in [0.15, 0.2) is 0 Å². The number of nitrogens with one attached hydrogen (secondary N) is 3. The van der Waals surface area contributed by atoms with Crippen LogP contribution in [0.5, 0.6) is 0 Å². The summed E-state index contributed by atoms with van der Waals surface area (Å²) in [6.45, 7) is 6.70. The van der Waals surface area contributed by atoms with Crippen molar-refractivity contribution >= 4 is 23.2 Å². The third-order valence-electron chi connectivity index (χ3n) is 3.94. The number of benzene rings is 2. The summed E-state index contributed by atoms with van der Waals surface area (Å²) in [5.41, 5.74) is 4.47. The lowest BCUT2D eigenvalue weighted by atomic mass is 10.1. The molecule has 5 heteroatoms. The van der Waals surface area contributed by atoms with E-state index in [2.05, 4.69) is 22.9 Å². The van der Waals surface area contributed by atoms with Gasteiger partial charge in [-0.15, -0.1) is 0 Å². The fourth-order valence-corrected chi connectivity index (χ4v) is 2.57. The summed E-state index contributed by atoms with van der Waals surface area (Å²) < 4.78 is 0. The molecule has 0 aliphatic heterocycles. The van der Waals surface area contributed by atoms with Crippen molar-refractivity contribution in [1.82, 2.24) is 5.32 Å². The number of rotatable bonds is 7. The van der Waals surface area contributed by atoms with E-state index in [0.717, 1.165) is 28.9 Å². The first kappa shape index (κ1) is 18.5. The van der Waals surface area contributed by atoms with Gasteiger partial charge in [-0.1, -0.05) is 25.1 Å². The van der Waals surface area contributed by atoms with Crippen molar-refractivity contribution in [2.45, 2.75) is 27.2 Å². The van der Waals surface area contributed by atoms with Gasteiger partial charge in [-0.05, 0) is 55.7 Å². The molecule has 0 radical (unpaired) electrons. The van der Waals surface area contributed by atoms with Crippen molar-refractivity contribution in [3.8, 4) is 0 Å². The van der Waals surface area contributed by atoms with E-state index in [4.69, 9.17) is 0 Å². The molecule has 0 atom stereocenters. The molecule has 5 nitrogen and oxygen atoms in total. The van der Waals surface area contributed by atoms with Crippen LogP contribution >= 0.6 is 0 Å². The van der Waals surface area contributed by atoms with Crippen molar-refractivity contribution in [1.29, 1.82) is 0 Å². The molecule has 0 spiro atoms. The highest BCUT2D eigenvalue weighted by Crippen LogP contribution is 2.21. The molecule has 132 valence electrons. The van der Waals surface area contributed by atoms with Crippen LogP contribution in [0.25, 0.3) is 0 Å². The smallest absolute Gasteiger partial charge is 0.251 e. The Morgan fingerprint density at radius 3 is 2.36 bits per heavy atom. The normalized spacial score (nSPS) is 10.2. The maximum absolute atomic E-state index is 12.2. The second-order valence-corrected chi connectivity index (χ2v) is 5.80. The van der Waals surface area contributed by atoms with Gasteiger partial charge in [-0.25, -0.2) is 0 Å². The largest absolute Gasteiger partial charge is 0.376 e. The maximum atomic E-state index is 12.2. The summed E-state index contributed by atoms with van der Waals surface area (Å²) >= 11 is 0. The minimum Gasteiger partial charge on any atom is -0.376 e. The zero-order valence-corrected chi connectivity index (χ0v) is 15.0. The molecular weight excluding hydrogens is 314 g/mol. The lowest BCUT2D eigenvalue weighted by Gasteiger charge is -2.13. The number of para-hydroxylation sites is 1. The van der Waals surface area contributed by atoms with E-state index in [1.807, 2.05) is 32.0 Å². The molecule has 25 heavy (non-hydrogen) atoms. The first-order valence-corrected chi connectivity index (χ1v) is 8.55. The van der Waals surface area contributed by atoms with Crippen LogP contribution in [0.3, 0.4) is 0 Å². The van der Waals surface area contributed by atoms with E-state index in [9.17, 15) is 9.59 Å². The Labute approximate surface area is 148 Å². The summed E-state index contributed by atoms with van der Waals surface area (Å²) in [6.07, 6.45) is 0.867. The van der Waals surface area contributed by atoms with Gasteiger partial charge in [0.25, 0.3) is 5.91 Å². The van der Waals surface area contributed by atoms with Gasteiger partial charge in [0.2, 0.25) is 5.91 Å². The van der Waals surface area contributed by atoms with E-state index in [1.54, 1.807) is 24.3 Å². The van der Waals surface area contributed by atoms with E-state index < -0.39 is 0 Å². The highest BCUT2D eigenvalue weighted by atomic mass is 16.2. The third-order valence-corrected chi connectivity index (χ3v) is 3.94. The van der Waals surface area contributed by atoms with Crippen molar-refractivity contribution in [3.63, 3.8) is 0 Å². The second-order valence-electron chi connectivity index (χ2n) is 5.80. The molecule has 0 aliphatic carbocycles. The van der Waals surface area contributed by atoms with Gasteiger partial charge < -0.3 is 16.0 Å². The van der Waals surface area contributed by atoms with E-state index in [1.165, 1.54) is 0 Å². The fraction of sp³-hybridized carbons (Fsp3) is 0.300. The Kier molecular flexibility index (Phi) is 6.57. The van der Waals surface area contributed by atoms with Crippen LogP contribution in [0.2, 0.25) is 0 Å². The lowest BCUT2D eigenvalue weighted by Crippen LogP contribution is -2.23. The molecule has 2 aromatic rings. The number of carbonyl (C=O) groups is 2. The van der Waals surface area contributed by atoms with Gasteiger partial charge in [-0.2, -0.15) is 0 Å². The summed E-state index contributed by atoms with van der Waals surface area (Å²) in [4.78, 5) is 24.0. The lowest BCUT2D eigenvalue weighted by molar-refractivity contribution is -0.114. The molecule has 2 aromatic carbocycles. The zero-order chi connectivity index (χ0) is 18.2. The molecule has 3 N–H and O–H groups in total. The number of carbonyl (C=O) groups excluding carboxylic acids is 2. The Hall–Kier alpha value is -2.82. The van der Waals surface area contributed by atoms with Gasteiger partial charge in [-0.3, -0.25) is 9.59 Å². The molecule has 0 fully saturated rings. The van der Waals surface area contributed by atoms with Crippen LogP contribution in [0.15, 0.2) is 42.5 Å². The van der Waals surface area contributed by atoms with Crippen LogP contribution in [0, 0.1) is 6.92 Å². The second kappa shape index (κ2) is 8.87. The number of amides is 2. The first-order valence-electron chi connectivity index (χ1n) is 8.55. The van der Waals surface area contributed by atoms with Crippen LogP contribution in [-0.2, 0) is 11.2 Å². The Balaban J connectivity index is 1.93. The molecule has 0 bridgehead atoms. The number of anilines is 2. The van der Waals surface area contributed by atoms with Gasteiger partial charge in [0.05, 0.1) is 6.54 Å². The molecule has 0 heterocycles. The average molecular weight is 339 g/mol. The van der Waals surface area contributed by atoms with Crippen molar-refractivity contribution in [3.05, 3.63) is 59.2 Å². The van der Waals surface area contributed by atoms with Crippen LogP contribution in [0.4, 0.5) is 11.4 Å². The highest BCUT2D eigenvalue weighted by Gasteiger charge is 2.09. The van der Waals surface area contributed by atoms with Crippen molar-refractivity contribution < 1.29 is 9.59 Å². The Bertz CT molecular complexity index is 739. The molecule has 0 aliphatic rings. The molecule has 0 saturated heterocycles. The summed E-state index contributed by atoms with van der Waals surface area (Å²) in [5.74, 6) is -0.199. The van der Waals surface area contributed by atoms with E-state index in [0.29, 0.717) is 12.1 Å². The quantitative estimate of drug-likeness (QED) is 0.724. The summed E-state index contributed by atoms with van der Waals surface area (Å²) in [6, 6.07) is 13.1. The van der Waals surface area contributed by atoms with Crippen molar-refractivity contribution in [2.24, 2.45) is 0 Å². The minimum absolute atomic E-state index is 0.0987. The van der Waals surface area contributed by atoms with E-state index >= 15 is 0 Å². The number of aryl methyl sites for hydroxylation is 2. The predicted octanol–water partition coefficient (Wildman–Crippen LogP) is 3.36. The van der Waals surface area contributed by atoms with Gasteiger partial charge in [0, 0.05) is 23.5 Å². The number of hydrogen-bond donors (Lipinski definition) is 3. The van der Waals surface area contributed by atoms with Crippen LogP contribution in [0.1, 0.15) is 35.3 Å². The van der Waals surface area contributed by atoms with E-state index in [-0.39, 0.29) is 18.4 Å². The first-order chi connectivity index (χ1) is 12.0. The standard InChI is InChI=1S/C20H25N3O2/c1-4-15-8-6-7-14(3)19(15)23-18(24)13-22-17-11-9-16(10-12-17)20(25)21-5-2/h6-12,22H,4-5,13H2,1-3H3,(H,21,25)(H,23,24). The van der Waals surface area contributed by atoms with Crippen LogP contribution < -0.4 is 16.0 Å². The fourth-order valence-electron chi connectivity index (χ4n) is 2.57. The monoisotopic (exact) mass is 339 g/mol. The molecule has 0 saturated carbocycles. The SMILES string of the molecule is CCNC(=O)c1ccc(NCC(=O)Nc2c(C)cccc2CC)cc1. The third kappa shape index (κ3) is 5.08. The van der Waals surface area contributed by atoms with Gasteiger partial charge >= 0.3 is 0 Å². The molecule has 2 rings (SSSR count). The average Bonchev–Trinajstić information content (AvgIpc) is 2.62. The van der Waals surface area contributed by atoms with Crippen molar-refractivity contribution in [2.75, 3.05) is 23.7 Å². The number of hydrogen-bond acceptors (Lipinski definition) is 3. The highest BCUT2D eigenvalue weighted by molar-refractivity contribution is 5.96. The predicted molar refractivity (Wildman–Crippen MR) is 102 cm³/mol. The summed E-state index contributed by atoms with van der Waals surface area (Å²) in [7, 11) is 0. The molecular formula is C20H25N3O2. The maximum Gasteiger partial charge on any atom is 0.251 e.